The molecule has 0 radical (unpaired) electrons. The first kappa shape index (κ1) is 25.4. The quantitative estimate of drug-likeness (QED) is 0.486. The maximum Gasteiger partial charge on any atom is 0.338 e. The highest BCUT2D eigenvalue weighted by molar-refractivity contribution is 7.07. The van der Waals surface area contributed by atoms with Crippen LogP contribution in [0.3, 0.4) is 0 Å². The van der Waals surface area contributed by atoms with Gasteiger partial charge in [0.25, 0.3) is 5.56 Å². The highest BCUT2D eigenvalue weighted by Crippen LogP contribution is 2.32. The highest BCUT2D eigenvalue weighted by atomic mass is 32.1. The lowest BCUT2D eigenvalue weighted by atomic mass is 9.85. The second-order valence-electron chi connectivity index (χ2n) is 9.57. The minimum Gasteiger partial charge on any atom is -0.496 e. The number of carbonyl (C=O) groups is 1. The molecule has 186 valence electrons. The number of hydrogen-bond acceptors (Lipinski definition) is 6. The van der Waals surface area contributed by atoms with E-state index in [-0.39, 0.29) is 11.0 Å². The molecule has 1 aliphatic heterocycles. The molecule has 0 spiro atoms. The molecular formula is C29H30N2O4S. The monoisotopic (exact) mass is 502 g/mol. The lowest BCUT2D eigenvalue weighted by Crippen LogP contribution is -2.39. The second-order valence-corrected chi connectivity index (χ2v) is 10.6. The minimum atomic E-state index is -0.622. The first-order valence-electron chi connectivity index (χ1n) is 11.7. The molecule has 1 aromatic heterocycles. The van der Waals surface area contributed by atoms with Crippen LogP contribution in [0.1, 0.15) is 50.4 Å². The van der Waals surface area contributed by atoms with Crippen LogP contribution in [0.15, 0.2) is 75.7 Å². The molecule has 1 atom stereocenters. The van der Waals surface area contributed by atoms with Gasteiger partial charge in [-0.2, -0.15) is 0 Å². The van der Waals surface area contributed by atoms with Gasteiger partial charge in [-0.05, 0) is 35.6 Å². The Kier molecular flexibility index (Phi) is 7.13. The number of methoxy groups -OCH3 is 2. The maximum atomic E-state index is 13.6. The maximum absolute atomic E-state index is 13.6. The number of thiazole rings is 1. The summed E-state index contributed by atoms with van der Waals surface area (Å²) in [7, 11) is 2.97. The molecule has 36 heavy (non-hydrogen) atoms. The zero-order valence-corrected chi connectivity index (χ0v) is 22.2. The van der Waals surface area contributed by atoms with Crippen molar-refractivity contribution in [3.63, 3.8) is 0 Å². The summed E-state index contributed by atoms with van der Waals surface area (Å²) in [4.78, 5) is 31.6. The van der Waals surface area contributed by atoms with Crippen molar-refractivity contribution in [2.75, 3.05) is 14.2 Å². The molecule has 0 bridgehead atoms. The molecule has 0 amide bonds. The molecule has 0 N–H and O–H groups in total. The van der Waals surface area contributed by atoms with Crippen LogP contribution in [0, 0.1) is 0 Å². The van der Waals surface area contributed by atoms with Crippen LogP contribution in [0.5, 0.6) is 5.75 Å². The Hall–Kier alpha value is -3.71. The van der Waals surface area contributed by atoms with Crippen molar-refractivity contribution in [3.8, 4) is 5.75 Å². The van der Waals surface area contributed by atoms with Gasteiger partial charge in [0.15, 0.2) is 4.80 Å². The van der Waals surface area contributed by atoms with Gasteiger partial charge in [-0.25, -0.2) is 9.79 Å². The molecule has 2 heterocycles. The Balaban J connectivity index is 1.84. The SMILES string of the molecule is COC(=O)C1=C(C)N=c2sc(=CC=Cc3ccccc3OC)c(=O)n2C1c1ccc(C(C)(C)C)cc1. The molecular weight excluding hydrogens is 472 g/mol. The summed E-state index contributed by atoms with van der Waals surface area (Å²) in [6, 6.07) is 15.1. The normalized spacial score (nSPS) is 16.2. The number of ether oxygens (including phenoxy) is 2. The van der Waals surface area contributed by atoms with Gasteiger partial charge in [0.2, 0.25) is 0 Å². The second kappa shape index (κ2) is 10.1. The predicted molar refractivity (Wildman–Crippen MR) is 144 cm³/mol. The summed E-state index contributed by atoms with van der Waals surface area (Å²) >= 11 is 1.30. The number of fused-ring (bicyclic) bond motifs is 1. The third kappa shape index (κ3) is 4.84. The standard InChI is InChI=1S/C29H30N2O4S/c1-18-24(27(33)35-6)25(20-14-16-21(17-15-20)29(2,3)4)31-26(32)23(36-28(31)30-18)13-9-11-19-10-7-8-12-22(19)34-5/h7-17,25H,1-6H3. The van der Waals surface area contributed by atoms with Crippen LogP contribution in [0.25, 0.3) is 12.2 Å². The molecule has 3 aromatic rings. The van der Waals surface area contributed by atoms with Crippen LogP contribution in [-0.2, 0) is 14.9 Å². The zero-order chi connectivity index (χ0) is 26.0. The van der Waals surface area contributed by atoms with E-state index in [0.717, 1.165) is 16.9 Å². The number of esters is 1. The molecule has 6 nitrogen and oxygen atoms in total. The van der Waals surface area contributed by atoms with E-state index in [1.807, 2.05) is 60.7 Å². The summed E-state index contributed by atoms with van der Waals surface area (Å²) in [6.07, 6.45) is 5.49. The Labute approximate surface area is 214 Å². The molecule has 2 aromatic carbocycles. The molecule has 0 saturated heterocycles. The average Bonchev–Trinajstić information content (AvgIpc) is 3.17. The van der Waals surface area contributed by atoms with Crippen molar-refractivity contribution in [3.05, 3.63) is 102 Å². The summed E-state index contributed by atoms with van der Waals surface area (Å²) < 4.78 is 12.6. The van der Waals surface area contributed by atoms with E-state index in [9.17, 15) is 9.59 Å². The van der Waals surface area contributed by atoms with Gasteiger partial charge in [0.1, 0.15) is 5.75 Å². The van der Waals surface area contributed by atoms with Crippen molar-refractivity contribution in [1.29, 1.82) is 0 Å². The molecule has 0 fully saturated rings. The van der Waals surface area contributed by atoms with Crippen LogP contribution in [0.4, 0.5) is 0 Å². The van der Waals surface area contributed by atoms with Gasteiger partial charge < -0.3 is 9.47 Å². The number of hydrogen-bond donors (Lipinski definition) is 0. The fraction of sp³-hybridized carbons (Fsp3) is 0.276. The fourth-order valence-corrected chi connectivity index (χ4v) is 5.23. The fourth-order valence-electron chi connectivity index (χ4n) is 4.23. The number of aromatic nitrogens is 1. The number of carbonyl (C=O) groups excluding carboxylic acids is 1. The van der Waals surface area contributed by atoms with E-state index >= 15 is 0 Å². The van der Waals surface area contributed by atoms with Crippen molar-refractivity contribution < 1.29 is 14.3 Å². The van der Waals surface area contributed by atoms with E-state index in [1.165, 1.54) is 24.0 Å². The third-order valence-electron chi connectivity index (χ3n) is 6.18. The molecule has 4 rings (SSSR count). The Morgan fingerprint density at radius 3 is 2.42 bits per heavy atom. The molecule has 0 aliphatic carbocycles. The summed E-state index contributed by atoms with van der Waals surface area (Å²) in [5, 5.41) is 0. The predicted octanol–water partition coefficient (Wildman–Crippen LogP) is 4.38. The van der Waals surface area contributed by atoms with Crippen molar-refractivity contribution >= 4 is 29.5 Å². The molecule has 1 unspecified atom stereocenters. The first-order chi connectivity index (χ1) is 17.2. The summed E-state index contributed by atoms with van der Waals surface area (Å²) in [6.45, 7) is 8.22. The number of rotatable bonds is 5. The van der Waals surface area contributed by atoms with E-state index in [0.29, 0.717) is 20.6 Å². The highest BCUT2D eigenvalue weighted by Gasteiger charge is 2.33. The van der Waals surface area contributed by atoms with Gasteiger partial charge in [-0.3, -0.25) is 9.36 Å². The zero-order valence-electron chi connectivity index (χ0n) is 21.4. The number of allylic oxidation sites excluding steroid dienone is 2. The Morgan fingerprint density at radius 1 is 1.08 bits per heavy atom. The Bertz CT molecular complexity index is 1530. The number of nitrogens with zero attached hydrogens (tertiary/aromatic N) is 2. The van der Waals surface area contributed by atoms with Gasteiger partial charge in [-0.15, -0.1) is 0 Å². The first-order valence-corrected chi connectivity index (χ1v) is 12.5. The van der Waals surface area contributed by atoms with Crippen molar-refractivity contribution in [2.24, 2.45) is 4.99 Å². The van der Waals surface area contributed by atoms with Gasteiger partial charge in [0.05, 0.1) is 36.1 Å². The van der Waals surface area contributed by atoms with Crippen molar-refractivity contribution in [2.45, 2.75) is 39.2 Å². The molecule has 7 heteroatoms. The number of benzene rings is 2. The Morgan fingerprint density at radius 2 is 1.78 bits per heavy atom. The molecule has 1 aliphatic rings. The summed E-state index contributed by atoms with van der Waals surface area (Å²) in [5.74, 6) is 0.257. The van der Waals surface area contributed by atoms with Gasteiger partial charge in [-0.1, -0.05) is 86.7 Å². The van der Waals surface area contributed by atoms with Crippen molar-refractivity contribution in [1.82, 2.24) is 4.57 Å². The van der Waals surface area contributed by atoms with Gasteiger partial charge in [0, 0.05) is 5.56 Å². The topological polar surface area (TPSA) is 69.9 Å². The molecule has 0 saturated carbocycles. The van der Waals surface area contributed by atoms with Crippen LogP contribution in [-0.4, -0.2) is 24.8 Å². The third-order valence-corrected chi connectivity index (χ3v) is 7.18. The van der Waals surface area contributed by atoms with E-state index < -0.39 is 12.0 Å². The average molecular weight is 503 g/mol. The van der Waals surface area contributed by atoms with E-state index in [4.69, 9.17) is 9.47 Å². The lowest BCUT2D eigenvalue weighted by Gasteiger charge is -2.25. The van der Waals surface area contributed by atoms with Crippen LogP contribution in [0.2, 0.25) is 0 Å². The largest absolute Gasteiger partial charge is 0.496 e. The van der Waals surface area contributed by atoms with Crippen LogP contribution < -0.4 is 19.6 Å². The van der Waals surface area contributed by atoms with E-state index in [2.05, 4.69) is 25.8 Å². The number of para-hydroxylation sites is 1. The minimum absolute atomic E-state index is 0.0162. The van der Waals surface area contributed by atoms with Crippen LogP contribution >= 0.6 is 11.3 Å². The van der Waals surface area contributed by atoms with E-state index in [1.54, 1.807) is 24.7 Å². The summed E-state index contributed by atoms with van der Waals surface area (Å²) in [5.41, 5.74) is 3.59. The smallest absolute Gasteiger partial charge is 0.338 e. The van der Waals surface area contributed by atoms with Gasteiger partial charge >= 0.3 is 5.97 Å². The lowest BCUT2D eigenvalue weighted by molar-refractivity contribution is -0.136.